The van der Waals surface area contributed by atoms with Gasteiger partial charge in [-0.25, -0.2) is 0 Å². The number of aromatic nitrogens is 1. The number of ether oxygens (including phenoxy) is 1. The molecule has 0 saturated carbocycles. The van der Waals surface area contributed by atoms with Crippen LogP contribution in [0.25, 0.3) is 0 Å². The van der Waals surface area contributed by atoms with Crippen LogP contribution in [0.2, 0.25) is 0 Å². The highest BCUT2D eigenvalue weighted by Gasteiger charge is 2.17. The zero-order valence-corrected chi connectivity index (χ0v) is 11.1. The van der Waals surface area contributed by atoms with Gasteiger partial charge in [-0.05, 0) is 37.0 Å². The van der Waals surface area contributed by atoms with E-state index in [0.29, 0.717) is 5.92 Å². The lowest BCUT2D eigenvalue weighted by Gasteiger charge is -2.23. The minimum absolute atomic E-state index is 0.00812. The molecule has 96 valence electrons. The second-order valence-electron chi connectivity index (χ2n) is 4.79. The van der Waals surface area contributed by atoms with Gasteiger partial charge in [-0.2, -0.15) is 0 Å². The Morgan fingerprint density at radius 1 is 1.29 bits per heavy atom. The van der Waals surface area contributed by atoms with Crippen LogP contribution in [0.3, 0.4) is 0 Å². The Morgan fingerprint density at radius 3 is 2.47 bits per heavy atom. The molecule has 0 aromatic carbocycles. The second-order valence-corrected chi connectivity index (χ2v) is 4.79. The highest BCUT2D eigenvalue weighted by molar-refractivity contribution is 5.14. The van der Waals surface area contributed by atoms with Crippen LogP contribution in [0.5, 0.6) is 0 Å². The first-order valence-electron chi connectivity index (χ1n) is 6.42. The van der Waals surface area contributed by atoms with Crippen molar-refractivity contribution < 1.29 is 4.74 Å². The molecular formula is C14H24N2O. The summed E-state index contributed by atoms with van der Waals surface area (Å²) in [5.41, 5.74) is 7.09. The third-order valence-corrected chi connectivity index (χ3v) is 2.85. The first-order chi connectivity index (χ1) is 8.15. The van der Waals surface area contributed by atoms with E-state index >= 15 is 0 Å². The molecule has 0 aliphatic heterocycles. The Balaban J connectivity index is 2.56. The van der Waals surface area contributed by atoms with Crippen LogP contribution < -0.4 is 5.73 Å². The fourth-order valence-electron chi connectivity index (χ4n) is 1.95. The fraction of sp³-hybridized carbons (Fsp3) is 0.643. The standard InChI is InChI=1S/C14H24N2O/c1-4-5-11(2)10-17-14(12(3)15)13-6-8-16-9-7-13/h6-9,11-12,14H,4-5,10,15H2,1-3H3. The van der Waals surface area contributed by atoms with Gasteiger partial charge in [0.1, 0.15) is 0 Å². The molecule has 0 bridgehead atoms. The van der Waals surface area contributed by atoms with Crippen molar-refractivity contribution in [2.24, 2.45) is 11.7 Å². The lowest BCUT2D eigenvalue weighted by atomic mass is 10.0. The van der Waals surface area contributed by atoms with Gasteiger partial charge in [0.25, 0.3) is 0 Å². The van der Waals surface area contributed by atoms with Crippen molar-refractivity contribution in [2.45, 2.75) is 45.8 Å². The molecular weight excluding hydrogens is 212 g/mol. The summed E-state index contributed by atoms with van der Waals surface area (Å²) < 4.78 is 5.95. The third-order valence-electron chi connectivity index (χ3n) is 2.85. The smallest absolute Gasteiger partial charge is 0.0974 e. The minimum atomic E-state index is -0.0303. The average Bonchev–Trinajstić information content (AvgIpc) is 2.30. The molecule has 1 aromatic rings. The van der Waals surface area contributed by atoms with Crippen LogP contribution in [0.1, 0.15) is 45.3 Å². The highest BCUT2D eigenvalue weighted by Crippen LogP contribution is 2.21. The molecule has 2 N–H and O–H groups in total. The first kappa shape index (κ1) is 14.1. The van der Waals surface area contributed by atoms with E-state index in [1.807, 2.05) is 19.1 Å². The van der Waals surface area contributed by atoms with Crippen molar-refractivity contribution in [1.29, 1.82) is 0 Å². The van der Waals surface area contributed by atoms with E-state index in [9.17, 15) is 0 Å². The van der Waals surface area contributed by atoms with Gasteiger partial charge in [0.2, 0.25) is 0 Å². The summed E-state index contributed by atoms with van der Waals surface area (Å²) >= 11 is 0. The SMILES string of the molecule is CCCC(C)COC(c1ccncc1)C(C)N. The van der Waals surface area contributed by atoms with Crippen molar-refractivity contribution in [3.8, 4) is 0 Å². The van der Waals surface area contributed by atoms with E-state index < -0.39 is 0 Å². The van der Waals surface area contributed by atoms with Crippen LogP contribution in [0.15, 0.2) is 24.5 Å². The fourth-order valence-corrected chi connectivity index (χ4v) is 1.95. The van der Waals surface area contributed by atoms with Gasteiger partial charge in [0, 0.05) is 18.4 Å². The quantitative estimate of drug-likeness (QED) is 0.792. The largest absolute Gasteiger partial charge is 0.372 e. The number of pyridine rings is 1. The summed E-state index contributed by atoms with van der Waals surface area (Å²) in [5.74, 6) is 0.586. The molecule has 3 heteroatoms. The molecule has 3 unspecified atom stereocenters. The molecule has 0 aliphatic rings. The first-order valence-corrected chi connectivity index (χ1v) is 6.42. The predicted molar refractivity (Wildman–Crippen MR) is 70.7 cm³/mol. The molecule has 0 spiro atoms. The zero-order valence-electron chi connectivity index (χ0n) is 11.1. The average molecular weight is 236 g/mol. The van der Waals surface area contributed by atoms with Gasteiger partial charge in [0.05, 0.1) is 12.7 Å². The van der Waals surface area contributed by atoms with Crippen molar-refractivity contribution in [2.75, 3.05) is 6.61 Å². The summed E-state index contributed by atoms with van der Waals surface area (Å²) in [6.07, 6.45) is 5.93. The Morgan fingerprint density at radius 2 is 1.94 bits per heavy atom. The van der Waals surface area contributed by atoms with Crippen LogP contribution in [-0.2, 0) is 4.74 Å². The summed E-state index contributed by atoms with van der Waals surface area (Å²) in [6, 6.07) is 3.93. The Hall–Kier alpha value is -0.930. The van der Waals surface area contributed by atoms with Gasteiger partial charge < -0.3 is 10.5 Å². The molecule has 17 heavy (non-hydrogen) atoms. The lowest BCUT2D eigenvalue weighted by molar-refractivity contribution is 0.0173. The van der Waals surface area contributed by atoms with E-state index in [2.05, 4.69) is 18.8 Å². The summed E-state index contributed by atoms with van der Waals surface area (Å²) in [4.78, 5) is 4.02. The highest BCUT2D eigenvalue weighted by atomic mass is 16.5. The van der Waals surface area contributed by atoms with Crippen molar-refractivity contribution >= 4 is 0 Å². The lowest BCUT2D eigenvalue weighted by Crippen LogP contribution is -2.28. The Bertz CT molecular complexity index is 300. The molecule has 0 radical (unpaired) electrons. The van der Waals surface area contributed by atoms with E-state index in [0.717, 1.165) is 12.2 Å². The Kier molecular flexibility index (Phi) is 6.16. The maximum atomic E-state index is 5.98. The van der Waals surface area contributed by atoms with Crippen LogP contribution >= 0.6 is 0 Å². The molecule has 1 rings (SSSR count). The van der Waals surface area contributed by atoms with E-state index in [-0.39, 0.29) is 12.1 Å². The number of rotatable bonds is 7. The van der Waals surface area contributed by atoms with Crippen LogP contribution in [-0.4, -0.2) is 17.6 Å². The van der Waals surface area contributed by atoms with E-state index in [1.54, 1.807) is 12.4 Å². The van der Waals surface area contributed by atoms with Crippen molar-refractivity contribution in [1.82, 2.24) is 4.98 Å². The van der Waals surface area contributed by atoms with Gasteiger partial charge in [-0.15, -0.1) is 0 Å². The number of nitrogens with two attached hydrogens (primary N) is 1. The Labute approximate surface area is 104 Å². The molecule has 1 heterocycles. The molecule has 3 nitrogen and oxygen atoms in total. The van der Waals surface area contributed by atoms with Gasteiger partial charge in [0.15, 0.2) is 0 Å². The molecule has 0 fully saturated rings. The monoisotopic (exact) mass is 236 g/mol. The molecule has 0 saturated heterocycles. The molecule has 1 aromatic heterocycles. The van der Waals surface area contributed by atoms with Gasteiger partial charge in [-0.1, -0.05) is 20.3 Å². The minimum Gasteiger partial charge on any atom is -0.372 e. The number of nitrogens with zero attached hydrogens (tertiary/aromatic N) is 1. The molecule has 0 amide bonds. The maximum Gasteiger partial charge on any atom is 0.0974 e. The second kappa shape index (κ2) is 7.41. The normalized spacial score (nSPS) is 16.5. The van der Waals surface area contributed by atoms with E-state index in [4.69, 9.17) is 10.5 Å². The molecule has 3 atom stereocenters. The summed E-state index contributed by atoms with van der Waals surface area (Å²) in [6.45, 7) is 7.16. The maximum absolute atomic E-state index is 5.98. The summed E-state index contributed by atoms with van der Waals surface area (Å²) in [5, 5.41) is 0. The number of hydrogen-bond donors (Lipinski definition) is 1. The van der Waals surface area contributed by atoms with Crippen molar-refractivity contribution in [3.05, 3.63) is 30.1 Å². The predicted octanol–water partition coefficient (Wildman–Crippen LogP) is 2.92. The van der Waals surface area contributed by atoms with E-state index in [1.165, 1.54) is 12.8 Å². The van der Waals surface area contributed by atoms with Gasteiger partial charge in [-0.3, -0.25) is 4.98 Å². The topological polar surface area (TPSA) is 48.1 Å². The summed E-state index contributed by atoms with van der Waals surface area (Å²) in [7, 11) is 0. The van der Waals surface area contributed by atoms with Gasteiger partial charge >= 0.3 is 0 Å². The molecule has 0 aliphatic carbocycles. The van der Waals surface area contributed by atoms with Crippen molar-refractivity contribution in [3.63, 3.8) is 0 Å². The zero-order chi connectivity index (χ0) is 12.7. The third kappa shape index (κ3) is 4.84. The van der Waals surface area contributed by atoms with Crippen LogP contribution in [0.4, 0.5) is 0 Å². The van der Waals surface area contributed by atoms with Crippen LogP contribution in [0, 0.1) is 5.92 Å². The number of hydrogen-bond acceptors (Lipinski definition) is 3.